The van der Waals surface area contributed by atoms with Crippen LogP contribution in [-0.2, 0) is 11.3 Å². The maximum absolute atomic E-state index is 5.80. The third-order valence-corrected chi connectivity index (χ3v) is 4.52. The molecule has 6 nitrogen and oxygen atoms in total. The molecule has 0 saturated carbocycles. The zero-order valence-corrected chi connectivity index (χ0v) is 17.7. The normalized spacial score (nSPS) is 13.4. The zero-order chi connectivity index (χ0) is 18.9. The standard InChI is InChI=1S/C19H30BrN5O/c1-5-21-19(22-10-9-17(14(3)4)26-6-2)23-11-16-13-25-12-15(20)7-8-18(25)24-16/h7-8,12-14,17H,5-6,9-11H2,1-4H3,(H2,21,22,23). The van der Waals surface area contributed by atoms with Crippen LogP contribution >= 0.6 is 15.9 Å². The van der Waals surface area contributed by atoms with Gasteiger partial charge in [-0.25, -0.2) is 9.98 Å². The number of guanidine groups is 1. The fraction of sp³-hybridized carbons (Fsp3) is 0.579. The molecule has 0 spiro atoms. The highest BCUT2D eigenvalue weighted by molar-refractivity contribution is 9.10. The number of imidazole rings is 1. The SMILES string of the molecule is CCNC(=NCc1cn2cc(Br)ccc2n1)NCCC(OCC)C(C)C. The van der Waals surface area contributed by atoms with Gasteiger partial charge in [0.1, 0.15) is 5.65 Å². The highest BCUT2D eigenvalue weighted by Crippen LogP contribution is 2.13. The van der Waals surface area contributed by atoms with Crippen LogP contribution in [0.4, 0.5) is 0 Å². The molecule has 144 valence electrons. The molecule has 2 rings (SSSR count). The highest BCUT2D eigenvalue weighted by atomic mass is 79.9. The molecule has 0 bridgehead atoms. The van der Waals surface area contributed by atoms with Gasteiger partial charge in [-0.3, -0.25) is 0 Å². The second-order valence-electron chi connectivity index (χ2n) is 6.49. The molecule has 26 heavy (non-hydrogen) atoms. The van der Waals surface area contributed by atoms with Crippen molar-refractivity contribution in [2.75, 3.05) is 19.7 Å². The Morgan fingerprint density at radius 1 is 1.27 bits per heavy atom. The van der Waals surface area contributed by atoms with E-state index in [4.69, 9.17) is 4.74 Å². The molecule has 0 radical (unpaired) electrons. The number of aromatic nitrogens is 2. The first-order valence-electron chi connectivity index (χ1n) is 9.30. The molecule has 0 aliphatic heterocycles. The zero-order valence-electron chi connectivity index (χ0n) is 16.1. The number of nitrogens with zero attached hydrogens (tertiary/aromatic N) is 3. The fourth-order valence-electron chi connectivity index (χ4n) is 2.75. The predicted octanol–water partition coefficient (Wildman–Crippen LogP) is 3.60. The van der Waals surface area contributed by atoms with Crippen LogP contribution < -0.4 is 10.6 Å². The number of aliphatic imine (C=N–C) groups is 1. The predicted molar refractivity (Wildman–Crippen MR) is 111 cm³/mol. The summed E-state index contributed by atoms with van der Waals surface area (Å²) in [5.41, 5.74) is 1.86. The average molecular weight is 424 g/mol. The molecule has 0 aromatic carbocycles. The van der Waals surface area contributed by atoms with E-state index in [2.05, 4.69) is 57.3 Å². The second kappa shape index (κ2) is 10.5. The molecule has 0 aliphatic rings. The molecule has 0 fully saturated rings. The van der Waals surface area contributed by atoms with Gasteiger partial charge < -0.3 is 19.8 Å². The minimum atomic E-state index is 0.271. The lowest BCUT2D eigenvalue weighted by molar-refractivity contribution is 0.0258. The van der Waals surface area contributed by atoms with E-state index in [0.717, 1.165) is 47.9 Å². The maximum atomic E-state index is 5.80. The topological polar surface area (TPSA) is 63.0 Å². The van der Waals surface area contributed by atoms with Crippen molar-refractivity contribution in [2.45, 2.75) is 46.8 Å². The van der Waals surface area contributed by atoms with Crippen molar-refractivity contribution in [1.82, 2.24) is 20.0 Å². The molecule has 1 atom stereocenters. The Balaban J connectivity index is 1.94. The Labute approximate surface area is 164 Å². The van der Waals surface area contributed by atoms with Gasteiger partial charge in [-0.2, -0.15) is 0 Å². The van der Waals surface area contributed by atoms with Crippen LogP contribution in [0.25, 0.3) is 5.65 Å². The van der Waals surface area contributed by atoms with Crippen LogP contribution in [0.15, 0.2) is 34.0 Å². The van der Waals surface area contributed by atoms with Crippen LogP contribution in [0, 0.1) is 5.92 Å². The van der Waals surface area contributed by atoms with Gasteiger partial charge in [0.15, 0.2) is 5.96 Å². The lowest BCUT2D eigenvalue weighted by atomic mass is 10.0. The van der Waals surface area contributed by atoms with Crippen molar-refractivity contribution >= 4 is 27.5 Å². The summed E-state index contributed by atoms with van der Waals surface area (Å²) in [7, 11) is 0. The molecular formula is C19H30BrN5O. The second-order valence-corrected chi connectivity index (χ2v) is 7.41. The third kappa shape index (κ3) is 6.29. The van der Waals surface area contributed by atoms with E-state index < -0.39 is 0 Å². The van der Waals surface area contributed by atoms with Gasteiger partial charge in [-0.15, -0.1) is 0 Å². The summed E-state index contributed by atoms with van der Waals surface area (Å²) < 4.78 is 8.83. The number of fused-ring (bicyclic) bond motifs is 1. The Bertz CT molecular complexity index is 713. The van der Waals surface area contributed by atoms with Gasteiger partial charge in [0.05, 0.1) is 18.3 Å². The molecule has 7 heteroatoms. The fourth-order valence-corrected chi connectivity index (χ4v) is 3.10. The van der Waals surface area contributed by atoms with Crippen molar-refractivity contribution in [3.05, 3.63) is 34.7 Å². The summed E-state index contributed by atoms with van der Waals surface area (Å²) in [5.74, 6) is 1.32. The minimum absolute atomic E-state index is 0.271. The van der Waals surface area contributed by atoms with E-state index in [1.165, 1.54) is 0 Å². The molecule has 1 unspecified atom stereocenters. The number of pyridine rings is 1. The van der Waals surface area contributed by atoms with Gasteiger partial charge in [-0.1, -0.05) is 13.8 Å². The molecule has 0 amide bonds. The molecule has 2 aromatic heterocycles. The van der Waals surface area contributed by atoms with E-state index in [1.54, 1.807) is 0 Å². The van der Waals surface area contributed by atoms with E-state index >= 15 is 0 Å². The number of rotatable bonds is 9. The van der Waals surface area contributed by atoms with Crippen LogP contribution in [0.1, 0.15) is 39.8 Å². The van der Waals surface area contributed by atoms with Crippen LogP contribution in [0.5, 0.6) is 0 Å². The number of hydrogen-bond acceptors (Lipinski definition) is 3. The van der Waals surface area contributed by atoms with E-state index in [-0.39, 0.29) is 6.10 Å². The van der Waals surface area contributed by atoms with Gasteiger partial charge in [0, 0.05) is 36.6 Å². The van der Waals surface area contributed by atoms with Crippen molar-refractivity contribution in [1.29, 1.82) is 0 Å². The minimum Gasteiger partial charge on any atom is -0.378 e. The Hall–Kier alpha value is -1.60. The number of halogens is 1. The lowest BCUT2D eigenvalue weighted by Crippen LogP contribution is -2.39. The molecule has 0 saturated heterocycles. The van der Waals surface area contributed by atoms with Gasteiger partial charge >= 0.3 is 0 Å². The molecule has 0 aliphatic carbocycles. The largest absolute Gasteiger partial charge is 0.378 e. The summed E-state index contributed by atoms with van der Waals surface area (Å²) in [6, 6.07) is 3.98. The van der Waals surface area contributed by atoms with Crippen molar-refractivity contribution < 1.29 is 4.74 Å². The highest BCUT2D eigenvalue weighted by Gasteiger charge is 2.13. The smallest absolute Gasteiger partial charge is 0.191 e. The maximum Gasteiger partial charge on any atom is 0.191 e. The van der Waals surface area contributed by atoms with Crippen LogP contribution in [0.2, 0.25) is 0 Å². The van der Waals surface area contributed by atoms with Gasteiger partial charge in [-0.05, 0) is 54.2 Å². The molecule has 2 heterocycles. The Morgan fingerprint density at radius 3 is 2.77 bits per heavy atom. The number of nitrogens with one attached hydrogen (secondary N) is 2. The molecular weight excluding hydrogens is 394 g/mol. The lowest BCUT2D eigenvalue weighted by Gasteiger charge is -2.21. The van der Waals surface area contributed by atoms with Crippen LogP contribution in [0.3, 0.4) is 0 Å². The number of hydrogen-bond donors (Lipinski definition) is 2. The Morgan fingerprint density at radius 2 is 2.08 bits per heavy atom. The van der Waals surface area contributed by atoms with Crippen molar-refractivity contribution in [2.24, 2.45) is 10.9 Å². The van der Waals surface area contributed by atoms with Gasteiger partial charge in [0.2, 0.25) is 0 Å². The first-order chi connectivity index (χ1) is 12.5. The van der Waals surface area contributed by atoms with E-state index in [0.29, 0.717) is 12.5 Å². The quantitative estimate of drug-likeness (QED) is 0.477. The van der Waals surface area contributed by atoms with Gasteiger partial charge in [0.25, 0.3) is 0 Å². The summed E-state index contributed by atoms with van der Waals surface area (Å²) in [6.07, 6.45) is 5.24. The first-order valence-corrected chi connectivity index (χ1v) is 10.1. The van der Waals surface area contributed by atoms with Crippen LogP contribution in [-0.4, -0.2) is 41.1 Å². The monoisotopic (exact) mass is 423 g/mol. The van der Waals surface area contributed by atoms with E-state index in [1.807, 2.05) is 35.9 Å². The van der Waals surface area contributed by atoms with Crippen molar-refractivity contribution in [3.63, 3.8) is 0 Å². The molecule has 2 aromatic rings. The summed E-state index contributed by atoms with van der Waals surface area (Å²) in [5, 5.41) is 6.68. The summed E-state index contributed by atoms with van der Waals surface area (Å²) in [6.45, 7) is 11.4. The average Bonchev–Trinajstić information content (AvgIpc) is 3.00. The molecule has 2 N–H and O–H groups in total. The summed E-state index contributed by atoms with van der Waals surface area (Å²) in [4.78, 5) is 9.26. The number of ether oxygens (including phenoxy) is 1. The van der Waals surface area contributed by atoms with E-state index in [9.17, 15) is 0 Å². The Kier molecular flexibility index (Phi) is 8.38. The first kappa shape index (κ1) is 20.7. The third-order valence-electron chi connectivity index (χ3n) is 4.05. The van der Waals surface area contributed by atoms with Crippen molar-refractivity contribution in [3.8, 4) is 0 Å². The summed E-state index contributed by atoms with van der Waals surface area (Å²) >= 11 is 3.48.